The maximum absolute atomic E-state index is 11.6. The first kappa shape index (κ1) is 19.7. The smallest absolute Gasteiger partial charge is 0.387 e. The minimum Gasteiger partial charge on any atom is -0.387 e. The molecule has 0 aliphatic carbocycles. The van der Waals surface area contributed by atoms with Crippen molar-refractivity contribution in [3.05, 3.63) is 22.7 Å². The molecule has 11 nitrogen and oxygen atoms in total. The van der Waals surface area contributed by atoms with Gasteiger partial charge in [0.1, 0.15) is 24.1 Å². The Labute approximate surface area is 146 Å². The van der Waals surface area contributed by atoms with E-state index in [0.717, 1.165) is 4.57 Å². The van der Waals surface area contributed by atoms with E-state index in [0.29, 0.717) is 0 Å². The van der Waals surface area contributed by atoms with Gasteiger partial charge in [0.2, 0.25) is 0 Å². The number of aromatic nitrogens is 2. The van der Waals surface area contributed by atoms with E-state index in [1.165, 1.54) is 12.3 Å². The summed E-state index contributed by atoms with van der Waals surface area (Å²) in [5, 5.41) is 19.6. The molecule has 13 heteroatoms. The summed E-state index contributed by atoms with van der Waals surface area (Å²) in [6.45, 7) is -0.657. The van der Waals surface area contributed by atoms with Crippen LogP contribution in [0.5, 0.6) is 0 Å². The fourth-order valence-corrected chi connectivity index (χ4v) is 2.23. The van der Waals surface area contributed by atoms with Crippen molar-refractivity contribution < 1.29 is 33.8 Å². The van der Waals surface area contributed by atoms with Crippen molar-refractivity contribution in [2.75, 3.05) is 12.3 Å². The summed E-state index contributed by atoms with van der Waals surface area (Å²) in [5.74, 6) is -0.0225. The first-order valence-electron chi connectivity index (χ1n) is 5.75. The summed E-state index contributed by atoms with van der Waals surface area (Å²) in [7, 11) is -4.74. The molecule has 4 atom stereocenters. The van der Waals surface area contributed by atoms with E-state index in [1.807, 2.05) is 0 Å². The minimum absolute atomic E-state index is 0. The molecule has 2 heterocycles. The molecule has 22 heavy (non-hydrogen) atoms. The number of phosphoric ester groups is 1. The molecule has 0 amide bonds. The predicted molar refractivity (Wildman–Crippen MR) is 72.6 cm³/mol. The maximum Gasteiger partial charge on any atom is 0.469 e. The molecule has 6 N–H and O–H groups in total. The Morgan fingerprint density at radius 2 is 2.05 bits per heavy atom. The molecule has 1 aliphatic rings. The van der Waals surface area contributed by atoms with Crippen LogP contribution in [0, 0.1) is 0 Å². The molecule has 1 aliphatic heterocycles. The van der Waals surface area contributed by atoms with E-state index in [-0.39, 0.29) is 35.4 Å². The molecule has 1 radical (unpaired) electrons. The zero-order chi connectivity index (χ0) is 15.8. The summed E-state index contributed by atoms with van der Waals surface area (Å²) < 4.78 is 20.9. The second-order valence-corrected chi connectivity index (χ2v) is 5.61. The Bertz CT molecular complexity index is 621. The molecule has 1 fully saturated rings. The fourth-order valence-electron chi connectivity index (χ4n) is 1.89. The van der Waals surface area contributed by atoms with E-state index in [4.69, 9.17) is 20.3 Å². The van der Waals surface area contributed by atoms with E-state index >= 15 is 0 Å². The van der Waals surface area contributed by atoms with Crippen LogP contribution in [-0.4, -0.2) is 84.0 Å². The number of hydrogen-bond donors (Lipinski definition) is 5. The van der Waals surface area contributed by atoms with Gasteiger partial charge in [-0.2, -0.15) is 4.98 Å². The van der Waals surface area contributed by atoms with Gasteiger partial charge in [0, 0.05) is 35.8 Å². The third-order valence-corrected chi connectivity index (χ3v) is 3.36. The monoisotopic (exact) mass is 346 g/mol. The molecule has 0 spiro atoms. The van der Waals surface area contributed by atoms with Gasteiger partial charge < -0.3 is 30.5 Å². The van der Waals surface area contributed by atoms with Gasteiger partial charge in [-0.05, 0) is 6.07 Å². The molecule has 0 bridgehead atoms. The summed E-state index contributed by atoms with van der Waals surface area (Å²) in [4.78, 5) is 32.3. The first-order chi connectivity index (χ1) is 9.69. The topological polar surface area (TPSA) is 177 Å². The summed E-state index contributed by atoms with van der Waals surface area (Å²) in [5.41, 5.74) is 4.52. The standard InChI is InChI=1S/C9H14N3O8P.Na/c10-5-1-2-12(9(15)11-5)8-7(14)6(13)4(20-8)3-19-21(16,17)18;/h1-2,4,6-8,13-14H,3H2,(H2,10,11,15)(H2,16,17,18);/t4-,6-,7-,8-;/m1./s1. The molecule has 1 aromatic heterocycles. The average Bonchev–Trinajstić information content (AvgIpc) is 2.64. The van der Waals surface area contributed by atoms with Gasteiger partial charge in [-0.3, -0.25) is 9.09 Å². The van der Waals surface area contributed by atoms with Gasteiger partial charge in [0.05, 0.1) is 6.61 Å². The first-order valence-corrected chi connectivity index (χ1v) is 7.28. The van der Waals surface area contributed by atoms with Crippen molar-refractivity contribution in [2.24, 2.45) is 0 Å². The van der Waals surface area contributed by atoms with Crippen LogP contribution in [0.25, 0.3) is 0 Å². The third-order valence-electron chi connectivity index (χ3n) is 2.87. The second-order valence-electron chi connectivity index (χ2n) is 4.37. The fraction of sp³-hybridized carbons (Fsp3) is 0.556. The predicted octanol–water partition coefficient (Wildman–Crippen LogP) is -2.83. The summed E-state index contributed by atoms with van der Waals surface area (Å²) in [6.07, 6.45) is -4.27. The molecular formula is C9H14N3NaO8P. The van der Waals surface area contributed by atoms with Crippen LogP contribution in [0.15, 0.2) is 17.1 Å². The van der Waals surface area contributed by atoms with Gasteiger partial charge in [0.15, 0.2) is 6.23 Å². The molecule has 119 valence electrons. The van der Waals surface area contributed by atoms with Crippen LogP contribution in [0.2, 0.25) is 0 Å². The number of rotatable bonds is 4. The number of anilines is 1. The molecular weight excluding hydrogens is 332 g/mol. The molecule has 1 aromatic rings. The van der Waals surface area contributed by atoms with Gasteiger partial charge in [-0.25, -0.2) is 9.36 Å². The third kappa shape index (κ3) is 4.59. The number of aliphatic hydroxyl groups is 2. The van der Waals surface area contributed by atoms with E-state index in [2.05, 4.69) is 9.51 Å². The van der Waals surface area contributed by atoms with Crippen LogP contribution >= 0.6 is 7.82 Å². The van der Waals surface area contributed by atoms with E-state index in [1.54, 1.807) is 0 Å². The minimum atomic E-state index is -4.74. The van der Waals surface area contributed by atoms with E-state index < -0.39 is 44.7 Å². The van der Waals surface area contributed by atoms with Crippen LogP contribution in [-0.2, 0) is 13.8 Å². The quantitative estimate of drug-likeness (QED) is 0.282. The van der Waals surface area contributed by atoms with Crippen LogP contribution < -0.4 is 11.4 Å². The molecule has 2 rings (SSSR count). The number of ether oxygens (including phenoxy) is 1. The number of nitrogen functional groups attached to an aromatic ring is 1. The number of hydrogen-bond acceptors (Lipinski definition) is 8. The van der Waals surface area contributed by atoms with Crippen molar-refractivity contribution in [1.29, 1.82) is 0 Å². The van der Waals surface area contributed by atoms with Crippen molar-refractivity contribution in [3.8, 4) is 0 Å². The normalized spacial score (nSPS) is 28.4. The van der Waals surface area contributed by atoms with Gasteiger partial charge in [0.25, 0.3) is 0 Å². The van der Waals surface area contributed by atoms with Crippen molar-refractivity contribution in [3.63, 3.8) is 0 Å². The SMILES string of the molecule is Nc1ccn([C@@H]2O[C@H](COP(=O)(O)O)[C@@H](O)[C@H]2O)c(=O)n1.[Na]. The number of nitrogens with zero attached hydrogens (tertiary/aromatic N) is 2. The molecule has 0 saturated carbocycles. The van der Waals surface area contributed by atoms with Crippen LogP contribution in [0.3, 0.4) is 0 Å². The van der Waals surface area contributed by atoms with Crippen molar-refractivity contribution >= 4 is 43.2 Å². The molecule has 0 aromatic carbocycles. The largest absolute Gasteiger partial charge is 0.469 e. The van der Waals surface area contributed by atoms with Gasteiger partial charge >= 0.3 is 13.5 Å². The van der Waals surface area contributed by atoms with Gasteiger partial charge in [-0.1, -0.05) is 0 Å². The zero-order valence-electron chi connectivity index (χ0n) is 11.5. The Morgan fingerprint density at radius 3 is 2.59 bits per heavy atom. The van der Waals surface area contributed by atoms with E-state index in [9.17, 15) is 19.6 Å². The van der Waals surface area contributed by atoms with Crippen LogP contribution in [0.4, 0.5) is 5.82 Å². The average molecular weight is 346 g/mol. The zero-order valence-corrected chi connectivity index (χ0v) is 14.4. The van der Waals surface area contributed by atoms with Crippen molar-refractivity contribution in [2.45, 2.75) is 24.5 Å². The number of aliphatic hydroxyl groups excluding tert-OH is 2. The summed E-state index contributed by atoms with van der Waals surface area (Å²) in [6, 6.07) is 1.29. The van der Waals surface area contributed by atoms with Gasteiger partial charge in [-0.15, -0.1) is 0 Å². The Hall–Kier alpha value is -0.330. The Balaban J connectivity index is 0.00000242. The second kappa shape index (κ2) is 7.49. The van der Waals surface area contributed by atoms with Crippen molar-refractivity contribution in [1.82, 2.24) is 9.55 Å². The molecule has 0 unspecified atom stereocenters. The summed E-state index contributed by atoms with van der Waals surface area (Å²) >= 11 is 0. The Morgan fingerprint density at radius 1 is 1.41 bits per heavy atom. The Kier molecular flexibility index (Phi) is 6.72. The maximum atomic E-state index is 11.6. The number of phosphoric acid groups is 1. The molecule has 1 saturated heterocycles. The number of nitrogens with two attached hydrogens (primary N) is 1. The van der Waals surface area contributed by atoms with Crippen LogP contribution in [0.1, 0.15) is 6.23 Å².